The molecule has 1 fully saturated rings. The fraction of sp³-hybridized carbons (Fsp3) is 0.250. The summed E-state index contributed by atoms with van der Waals surface area (Å²) >= 11 is 0. The predicted octanol–water partition coefficient (Wildman–Crippen LogP) is 2.45. The van der Waals surface area contributed by atoms with Crippen LogP contribution in [0.1, 0.15) is 10.4 Å². The Morgan fingerprint density at radius 1 is 1.22 bits per heavy atom. The van der Waals surface area contributed by atoms with Crippen molar-refractivity contribution < 1.29 is 18.3 Å². The number of halogens is 2. The van der Waals surface area contributed by atoms with Gasteiger partial charge in [0.2, 0.25) is 0 Å². The Kier molecular flexibility index (Phi) is 4.47. The Morgan fingerprint density at radius 2 is 2.00 bits per heavy atom. The van der Waals surface area contributed by atoms with Crippen molar-refractivity contribution in [3.8, 4) is 0 Å². The van der Waals surface area contributed by atoms with E-state index in [9.17, 15) is 13.6 Å². The van der Waals surface area contributed by atoms with Gasteiger partial charge in [0.15, 0.2) is 0 Å². The summed E-state index contributed by atoms with van der Waals surface area (Å²) in [5.74, 6) is -1.49. The number of ether oxygens (including phenoxy) is 1. The fourth-order valence-electron chi connectivity index (χ4n) is 2.38. The molecule has 1 aromatic heterocycles. The lowest BCUT2D eigenvalue weighted by molar-refractivity contribution is 0.102. The maximum atomic E-state index is 13.7. The monoisotopic (exact) mass is 319 g/mol. The highest BCUT2D eigenvalue weighted by Crippen LogP contribution is 2.21. The molecule has 0 unspecified atom stereocenters. The first-order valence-corrected chi connectivity index (χ1v) is 7.19. The van der Waals surface area contributed by atoms with Crippen molar-refractivity contribution in [2.75, 3.05) is 36.5 Å². The summed E-state index contributed by atoms with van der Waals surface area (Å²) in [5.41, 5.74) is 0.256. The van der Waals surface area contributed by atoms with E-state index < -0.39 is 17.5 Å². The quantitative estimate of drug-likeness (QED) is 0.944. The highest BCUT2D eigenvalue weighted by atomic mass is 19.1. The number of carbonyl (C=O) groups is 1. The largest absolute Gasteiger partial charge is 0.378 e. The van der Waals surface area contributed by atoms with Gasteiger partial charge in [-0.3, -0.25) is 4.79 Å². The van der Waals surface area contributed by atoms with Gasteiger partial charge < -0.3 is 15.0 Å². The summed E-state index contributed by atoms with van der Waals surface area (Å²) in [4.78, 5) is 18.6. The smallest absolute Gasteiger partial charge is 0.259 e. The molecule has 23 heavy (non-hydrogen) atoms. The number of aromatic nitrogens is 1. The highest BCUT2D eigenvalue weighted by molar-refractivity contribution is 6.07. The predicted molar refractivity (Wildman–Crippen MR) is 81.6 cm³/mol. The summed E-state index contributed by atoms with van der Waals surface area (Å²) in [6.07, 6.45) is 1.60. The molecular weight excluding hydrogens is 304 g/mol. The molecule has 120 valence electrons. The van der Waals surface area contributed by atoms with Crippen molar-refractivity contribution in [1.29, 1.82) is 0 Å². The average Bonchev–Trinajstić information content (AvgIpc) is 2.58. The van der Waals surface area contributed by atoms with Crippen molar-refractivity contribution in [2.24, 2.45) is 0 Å². The minimum Gasteiger partial charge on any atom is -0.378 e. The van der Waals surface area contributed by atoms with Crippen LogP contribution in [0.3, 0.4) is 0 Å². The van der Waals surface area contributed by atoms with Crippen molar-refractivity contribution in [3.63, 3.8) is 0 Å². The van der Waals surface area contributed by atoms with Gasteiger partial charge in [0.05, 0.1) is 24.5 Å². The van der Waals surface area contributed by atoms with Crippen LogP contribution in [0.2, 0.25) is 0 Å². The Balaban J connectivity index is 1.84. The summed E-state index contributed by atoms with van der Waals surface area (Å²) in [7, 11) is 0. The van der Waals surface area contributed by atoms with E-state index >= 15 is 0 Å². The topological polar surface area (TPSA) is 54.5 Å². The van der Waals surface area contributed by atoms with Gasteiger partial charge in [0.1, 0.15) is 17.5 Å². The third-order valence-electron chi connectivity index (χ3n) is 3.52. The van der Waals surface area contributed by atoms with Crippen molar-refractivity contribution >= 4 is 17.4 Å². The summed E-state index contributed by atoms with van der Waals surface area (Å²) < 4.78 is 31.9. The minimum atomic E-state index is -0.824. The number of amides is 1. The summed E-state index contributed by atoms with van der Waals surface area (Å²) in [5, 5.41) is 2.45. The number of benzene rings is 1. The Bertz CT molecular complexity index is 718. The van der Waals surface area contributed by atoms with Gasteiger partial charge in [0, 0.05) is 25.4 Å². The Morgan fingerprint density at radius 3 is 2.74 bits per heavy atom. The summed E-state index contributed by atoms with van der Waals surface area (Å²) in [6.45, 7) is 2.37. The molecule has 1 aromatic carbocycles. The molecule has 1 aliphatic rings. The molecule has 1 N–H and O–H groups in total. The van der Waals surface area contributed by atoms with Gasteiger partial charge in [-0.15, -0.1) is 0 Å². The van der Waals surface area contributed by atoms with Crippen molar-refractivity contribution in [1.82, 2.24) is 4.98 Å². The maximum absolute atomic E-state index is 13.7. The maximum Gasteiger partial charge on any atom is 0.259 e. The molecule has 0 radical (unpaired) electrons. The molecule has 2 aromatic rings. The molecule has 5 nitrogen and oxygen atoms in total. The number of nitrogens with zero attached hydrogens (tertiary/aromatic N) is 2. The van der Waals surface area contributed by atoms with Gasteiger partial charge in [-0.25, -0.2) is 13.8 Å². The van der Waals surface area contributed by atoms with Crippen molar-refractivity contribution in [2.45, 2.75) is 0 Å². The number of hydrogen-bond acceptors (Lipinski definition) is 4. The van der Waals surface area contributed by atoms with Crippen molar-refractivity contribution in [3.05, 3.63) is 53.7 Å². The van der Waals surface area contributed by atoms with Gasteiger partial charge in [-0.05, 0) is 24.3 Å². The molecule has 1 saturated heterocycles. The number of anilines is 2. The SMILES string of the molecule is O=C(Nc1ccc(F)cc1F)c1cccnc1N1CCOCC1. The molecule has 2 heterocycles. The van der Waals surface area contributed by atoms with Crippen LogP contribution in [0.5, 0.6) is 0 Å². The third kappa shape index (κ3) is 3.45. The second-order valence-electron chi connectivity index (χ2n) is 5.05. The van der Waals surface area contributed by atoms with Crippen LogP contribution in [-0.4, -0.2) is 37.2 Å². The lowest BCUT2D eigenvalue weighted by atomic mass is 10.2. The second-order valence-corrected chi connectivity index (χ2v) is 5.05. The molecule has 0 bridgehead atoms. The lowest BCUT2D eigenvalue weighted by Crippen LogP contribution is -2.38. The van der Waals surface area contributed by atoms with Crippen LogP contribution in [0.25, 0.3) is 0 Å². The Hall–Kier alpha value is -2.54. The first-order chi connectivity index (χ1) is 11.1. The molecule has 3 rings (SSSR count). The van der Waals surface area contributed by atoms with E-state index in [-0.39, 0.29) is 5.69 Å². The molecule has 0 aliphatic carbocycles. The number of pyridine rings is 1. The van der Waals surface area contributed by atoms with Crippen LogP contribution in [0.4, 0.5) is 20.3 Å². The summed E-state index contributed by atoms with van der Waals surface area (Å²) in [6, 6.07) is 6.26. The zero-order chi connectivity index (χ0) is 16.2. The Labute approximate surface area is 131 Å². The van der Waals surface area contributed by atoms with Gasteiger partial charge in [-0.2, -0.15) is 0 Å². The zero-order valence-electron chi connectivity index (χ0n) is 12.3. The third-order valence-corrected chi connectivity index (χ3v) is 3.52. The lowest BCUT2D eigenvalue weighted by Gasteiger charge is -2.29. The first kappa shape index (κ1) is 15.4. The molecular formula is C16H15F2N3O2. The molecule has 1 aliphatic heterocycles. The van der Waals surface area contributed by atoms with E-state index in [4.69, 9.17) is 4.74 Å². The van der Waals surface area contributed by atoms with E-state index in [1.807, 2.05) is 4.90 Å². The minimum absolute atomic E-state index is 0.0758. The van der Waals surface area contributed by atoms with E-state index in [0.717, 1.165) is 12.1 Å². The second kappa shape index (κ2) is 6.70. The molecule has 1 amide bonds. The average molecular weight is 319 g/mol. The number of rotatable bonds is 3. The first-order valence-electron chi connectivity index (χ1n) is 7.19. The number of carbonyl (C=O) groups excluding carboxylic acids is 1. The van der Waals surface area contributed by atoms with E-state index in [2.05, 4.69) is 10.3 Å². The van der Waals surface area contributed by atoms with Crippen LogP contribution in [-0.2, 0) is 4.74 Å². The molecule has 0 spiro atoms. The number of morpholine rings is 1. The molecule has 0 saturated carbocycles. The van der Waals surface area contributed by atoms with E-state index in [1.54, 1.807) is 18.3 Å². The van der Waals surface area contributed by atoms with Gasteiger partial charge in [0.25, 0.3) is 5.91 Å². The van der Waals surface area contributed by atoms with E-state index in [1.165, 1.54) is 6.07 Å². The van der Waals surface area contributed by atoms with Crippen LogP contribution in [0.15, 0.2) is 36.5 Å². The van der Waals surface area contributed by atoms with E-state index in [0.29, 0.717) is 37.7 Å². The van der Waals surface area contributed by atoms with Crippen LogP contribution < -0.4 is 10.2 Å². The van der Waals surface area contributed by atoms with Crippen LogP contribution in [0, 0.1) is 11.6 Å². The molecule has 0 atom stereocenters. The number of nitrogens with one attached hydrogen (secondary N) is 1. The van der Waals surface area contributed by atoms with Gasteiger partial charge >= 0.3 is 0 Å². The highest BCUT2D eigenvalue weighted by Gasteiger charge is 2.20. The standard InChI is InChI=1S/C16H15F2N3O2/c17-11-3-4-14(13(18)10-11)20-16(22)12-2-1-5-19-15(12)21-6-8-23-9-7-21/h1-5,10H,6-9H2,(H,20,22). The molecule has 7 heteroatoms. The normalized spacial score (nSPS) is 14.6. The zero-order valence-corrected chi connectivity index (χ0v) is 12.3. The fourth-order valence-corrected chi connectivity index (χ4v) is 2.38. The van der Waals surface area contributed by atoms with Crippen LogP contribution >= 0.6 is 0 Å². The van der Waals surface area contributed by atoms with Gasteiger partial charge in [-0.1, -0.05) is 0 Å². The number of hydrogen-bond donors (Lipinski definition) is 1.